The number of amides is 3. The molecule has 0 bridgehead atoms. The van der Waals surface area contributed by atoms with Crippen molar-refractivity contribution in [2.24, 2.45) is 0 Å². The summed E-state index contributed by atoms with van der Waals surface area (Å²) in [6, 6.07) is 18.7. The van der Waals surface area contributed by atoms with Crippen molar-refractivity contribution in [1.29, 1.82) is 0 Å². The molecule has 0 radical (unpaired) electrons. The van der Waals surface area contributed by atoms with Crippen molar-refractivity contribution in [2.45, 2.75) is 19.5 Å². The minimum Gasteiger partial charge on any atom is -0.360 e. The van der Waals surface area contributed by atoms with Gasteiger partial charge in [0.15, 0.2) is 5.69 Å². The molecule has 1 aliphatic heterocycles. The third kappa shape index (κ3) is 3.88. The van der Waals surface area contributed by atoms with Crippen LogP contribution in [0.1, 0.15) is 27.4 Å². The van der Waals surface area contributed by atoms with E-state index in [1.165, 1.54) is 0 Å². The van der Waals surface area contributed by atoms with Gasteiger partial charge in [-0.15, -0.1) is 0 Å². The predicted octanol–water partition coefficient (Wildman–Crippen LogP) is 3.19. The topological polar surface area (TPSA) is 87.5 Å². The number of benzene rings is 2. The van der Waals surface area contributed by atoms with Crippen LogP contribution < -0.4 is 10.6 Å². The summed E-state index contributed by atoms with van der Waals surface area (Å²) in [5.41, 5.74) is 2.63. The largest absolute Gasteiger partial charge is 0.360 e. The average Bonchev–Trinajstić information content (AvgIpc) is 3.17. The summed E-state index contributed by atoms with van der Waals surface area (Å²) in [7, 11) is 0. The van der Waals surface area contributed by atoms with E-state index in [4.69, 9.17) is 4.52 Å². The van der Waals surface area contributed by atoms with Crippen LogP contribution in [0, 0.1) is 0 Å². The van der Waals surface area contributed by atoms with Crippen molar-refractivity contribution in [1.82, 2.24) is 15.4 Å². The monoisotopic (exact) mass is 376 g/mol. The van der Waals surface area contributed by atoms with Crippen LogP contribution in [-0.2, 0) is 19.5 Å². The number of para-hydroxylation sites is 1. The summed E-state index contributed by atoms with van der Waals surface area (Å²) in [5, 5.41) is 9.66. The number of aromatic nitrogens is 1. The molecule has 0 spiro atoms. The van der Waals surface area contributed by atoms with Crippen LogP contribution in [0.5, 0.6) is 0 Å². The van der Waals surface area contributed by atoms with Gasteiger partial charge in [-0.05, 0) is 17.7 Å². The van der Waals surface area contributed by atoms with E-state index in [-0.39, 0.29) is 24.2 Å². The number of rotatable bonds is 4. The Morgan fingerprint density at radius 1 is 1.04 bits per heavy atom. The predicted molar refractivity (Wildman–Crippen MR) is 104 cm³/mol. The van der Waals surface area contributed by atoms with E-state index in [0.29, 0.717) is 30.8 Å². The van der Waals surface area contributed by atoms with E-state index in [1.807, 2.05) is 60.7 Å². The number of anilines is 1. The Hall–Kier alpha value is -3.61. The van der Waals surface area contributed by atoms with E-state index in [2.05, 4.69) is 15.8 Å². The van der Waals surface area contributed by atoms with Crippen LogP contribution in [0.25, 0.3) is 0 Å². The normalized spacial score (nSPS) is 12.9. The Morgan fingerprint density at radius 2 is 1.75 bits per heavy atom. The standard InChI is InChI=1S/C21H20N4O3/c26-20(22-13-15-7-3-1-4-8-15)19-17-14-25(12-11-18(17)28-24-19)21(27)23-16-9-5-2-6-10-16/h1-10H,11-14H2,(H,22,26)(H,23,27). The molecule has 1 aliphatic rings. The molecule has 142 valence electrons. The maximum absolute atomic E-state index is 12.6. The van der Waals surface area contributed by atoms with E-state index < -0.39 is 0 Å². The summed E-state index contributed by atoms with van der Waals surface area (Å²) in [6.45, 7) is 1.19. The zero-order chi connectivity index (χ0) is 19.3. The van der Waals surface area contributed by atoms with Gasteiger partial charge in [0.1, 0.15) is 5.76 Å². The lowest BCUT2D eigenvalue weighted by Crippen LogP contribution is -2.39. The number of nitrogens with one attached hydrogen (secondary N) is 2. The molecule has 0 fully saturated rings. The van der Waals surface area contributed by atoms with Crippen LogP contribution in [0.3, 0.4) is 0 Å². The number of carbonyl (C=O) groups excluding carboxylic acids is 2. The fraction of sp³-hybridized carbons (Fsp3) is 0.190. The van der Waals surface area contributed by atoms with Crippen LogP contribution >= 0.6 is 0 Å². The first-order valence-electron chi connectivity index (χ1n) is 9.11. The number of urea groups is 1. The van der Waals surface area contributed by atoms with Gasteiger partial charge in [0, 0.05) is 30.8 Å². The second-order valence-electron chi connectivity index (χ2n) is 6.57. The molecule has 4 rings (SSSR count). The smallest absolute Gasteiger partial charge is 0.322 e. The maximum Gasteiger partial charge on any atom is 0.322 e. The lowest BCUT2D eigenvalue weighted by atomic mass is 10.1. The second kappa shape index (κ2) is 7.96. The van der Waals surface area contributed by atoms with Crippen molar-refractivity contribution in [3.8, 4) is 0 Å². The molecular weight excluding hydrogens is 356 g/mol. The van der Waals surface area contributed by atoms with Gasteiger partial charge in [0.05, 0.1) is 6.54 Å². The SMILES string of the molecule is O=C(NCc1ccccc1)c1noc2c1CN(C(=O)Nc1ccccc1)CC2. The van der Waals surface area contributed by atoms with E-state index >= 15 is 0 Å². The Balaban J connectivity index is 1.42. The van der Waals surface area contributed by atoms with Crippen LogP contribution in [0.2, 0.25) is 0 Å². The molecule has 0 aliphatic carbocycles. The molecule has 0 unspecified atom stereocenters. The molecule has 7 nitrogen and oxygen atoms in total. The lowest BCUT2D eigenvalue weighted by molar-refractivity contribution is 0.0940. The molecule has 2 N–H and O–H groups in total. The van der Waals surface area contributed by atoms with Crippen LogP contribution in [0.4, 0.5) is 10.5 Å². The van der Waals surface area contributed by atoms with Crippen molar-refractivity contribution in [2.75, 3.05) is 11.9 Å². The molecule has 28 heavy (non-hydrogen) atoms. The van der Waals surface area contributed by atoms with Crippen molar-refractivity contribution in [3.05, 3.63) is 83.2 Å². The number of carbonyl (C=O) groups is 2. The van der Waals surface area contributed by atoms with E-state index in [0.717, 1.165) is 11.3 Å². The van der Waals surface area contributed by atoms with Gasteiger partial charge in [-0.1, -0.05) is 53.7 Å². The Morgan fingerprint density at radius 3 is 2.50 bits per heavy atom. The first-order chi connectivity index (χ1) is 13.7. The van der Waals surface area contributed by atoms with Gasteiger partial charge < -0.3 is 20.1 Å². The van der Waals surface area contributed by atoms with Crippen molar-refractivity contribution in [3.63, 3.8) is 0 Å². The molecule has 0 atom stereocenters. The van der Waals surface area contributed by atoms with Gasteiger partial charge in [-0.2, -0.15) is 0 Å². The Kier molecular flexibility index (Phi) is 5.05. The Bertz CT molecular complexity index is 970. The van der Waals surface area contributed by atoms with Gasteiger partial charge in [0.25, 0.3) is 5.91 Å². The summed E-state index contributed by atoms with van der Waals surface area (Å²) >= 11 is 0. The third-order valence-corrected chi connectivity index (χ3v) is 4.65. The van der Waals surface area contributed by atoms with Gasteiger partial charge in [-0.3, -0.25) is 4.79 Å². The van der Waals surface area contributed by atoms with Crippen molar-refractivity contribution < 1.29 is 14.1 Å². The fourth-order valence-electron chi connectivity index (χ4n) is 3.15. The molecule has 2 aromatic carbocycles. The molecule has 0 saturated heterocycles. The highest BCUT2D eigenvalue weighted by Gasteiger charge is 2.29. The summed E-state index contributed by atoms with van der Waals surface area (Å²) < 4.78 is 5.34. The minimum absolute atomic E-state index is 0.214. The van der Waals surface area contributed by atoms with E-state index in [9.17, 15) is 9.59 Å². The first kappa shape index (κ1) is 17.8. The van der Waals surface area contributed by atoms with Crippen molar-refractivity contribution >= 4 is 17.6 Å². The van der Waals surface area contributed by atoms with Gasteiger partial charge >= 0.3 is 6.03 Å². The molecule has 3 amide bonds. The quantitative estimate of drug-likeness (QED) is 0.732. The highest BCUT2D eigenvalue weighted by atomic mass is 16.5. The summed E-state index contributed by atoms with van der Waals surface area (Å²) in [5.74, 6) is 0.354. The molecule has 3 aromatic rings. The lowest BCUT2D eigenvalue weighted by Gasteiger charge is -2.26. The number of nitrogens with zero attached hydrogens (tertiary/aromatic N) is 2. The van der Waals surface area contributed by atoms with Gasteiger partial charge in [0.2, 0.25) is 0 Å². The molecule has 0 saturated carbocycles. The highest BCUT2D eigenvalue weighted by Crippen LogP contribution is 2.23. The average molecular weight is 376 g/mol. The minimum atomic E-state index is -0.306. The zero-order valence-electron chi connectivity index (χ0n) is 15.2. The number of hydrogen-bond acceptors (Lipinski definition) is 4. The Labute approximate surface area is 162 Å². The first-order valence-corrected chi connectivity index (χ1v) is 9.11. The molecule has 7 heteroatoms. The fourth-order valence-corrected chi connectivity index (χ4v) is 3.15. The second-order valence-corrected chi connectivity index (χ2v) is 6.57. The third-order valence-electron chi connectivity index (χ3n) is 4.65. The zero-order valence-corrected chi connectivity index (χ0v) is 15.2. The van der Waals surface area contributed by atoms with Gasteiger partial charge in [-0.25, -0.2) is 4.79 Å². The summed E-state index contributed by atoms with van der Waals surface area (Å²) in [4.78, 5) is 26.8. The maximum atomic E-state index is 12.6. The molecule has 2 heterocycles. The summed E-state index contributed by atoms with van der Waals surface area (Å²) in [6.07, 6.45) is 0.524. The van der Waals surface area contributed by atoms with E-state index in [1.54, 1.807) is 4.90 Å². The van der Waals surface area contributed by atoms with Crippen LogP contribution in [-0.4, -0.2) is 28.5 Å². The number of hydrogen-bond donors (Lipinski definition) is 2. The molecular formula is C21H20N4O3. The highest BCUT2D eigenvalue weighted by molar-refractivity contribution is 5.94. The van der Waals surface area contributed by atoms with Crippen LogP contribution in [0.15, 0.2) is 65.2 Å². The number of fused-ring (bicyclic) bond motifs is 1. The molecule has 1 aromatic heterocycles.